The van der Waals surface area contributed by atoms with Gasteiger partial charge in [0.2, 0.25) is 0 Å². The van der Waals surface area contributed by atoms with Crippen LogP contribution in [0, 0.1) is 6.92 Å². The average Bonchev–Trinajstić information content (AvgIpc) is 2.39. The van der Waals surface area contributed by atoms with Crippen molar-refractivity contribution in [1.29, 1.82) is 0 Å². The van der Waals surface area contributed by atoms with Crippen LogP contribution in [0.2, 0.25) is 0 Å². The van der Waals surface area contributed by atoms with Crippen molar-refractivity contribution < 1.29 is 4.79 Å². The normalized spacial score (nSPS) is 10.5. The molecule has 0 bridgehead atoms. The predicted octanol–water partition coefficient (Wildman–Crippen LogP) is 3.16. The number of rotatable bonds is 3. The number of nitrogens with zero attached hydrogens (tertiary/aromatic N) is 2. The molecule has 0 aliphatic rings. The maximum Gasteiger partial charge on any atom is 0.257 e. The molecule has 0 saturated heterocycles. The van der Waals surface area contributed by atoms with Gasteiger partial charge in [-0.25, -0.2) is 0 Å². The molecule has 2 heterocycles. The molecule has 0 atom stereocenters. The van der Waals surface area contributed by atoms with Gasteiger partial charge in [0.15, 0.2) is 0 Å². The van der Waals surface area contributed by atoms with Gasteiger partial charge in [0.1, 0.15) is 0 Å². The molecular formula is C15H17N3O. The van der Waals surface area contributed by atoms with E-state index < -0.39 is 0 Å². The highest BCUT2D eigenvalue weighted by molar-refractivity contribution is 6.04. The van der Waals surface area contributed by atoms with Gasteiger partial charge in [-0.2, -0.15) is 0 Å². The van der Waals surface area contributed by atoms with Crippen LogP contribution in [0.1, 0.15) is 41.5 Å². The van der Waals surface area contributed by atoms with E-state index in [9.17, 15) is 4.79 Å². The third-order valence-electron chi connectivity index (χ3n) is 2.79. The summed E-state index contributed by atoms with van der Waals surface area (Å²) in [6.07, 6.45) is 3.28. The molecule has 2 aromatic rings. The molecule has 2 aromatic heterocycles. The van der Waals surface area contributed by atoms with Gasteiger partial charge >= 0.3 is 0 Å². The summed E-state index contributed by atoms with van der Waals surface area (Å²) in [5.41, 5.74) is 3.15. The smallest absolute Gasteiger partial charge is 0.257 e. The molecule has 4 nitrogen and oxygen atoms in total. The first-order chi connectivity index (χ1) is 9.06. The van der Waals surface area contributed by atoms with E-state index in [-0.39, 0.29) is 5.91 Å². The van der Waals surface area contributed by atoms with E-state index in [2.05, 4.69) is 29.1 Å². The first kappa shape index (κ1) is 13.2. The van der Waals surface area contributed by atoms with Crippen molar-refractivity contribution in [2.75, 3.05) is 5.32 Å². The maximum absolute atomic E-state index is 12.0. The molecule has 0 aliphatic carbocycles. The number of nitrogens with one attached hydrogen (secondary N) is 1. The van der Waals surface area contributed by atoms with E-state index in [0.717, 1.165) is 17.1 Å². The molecule has 19 heavy (non-hydrogen) atoms. The largest absolute Gasteiger partial charge is 0.322 e. The third kappa shape index (κ3) is 3.37. The minimum absolute atomic E-state index is 0.159. The zero-order chi connectivity index (χ0) is 13.8. The van der Waals surface area contributed by atoms with Crippen molar-refractivity contribution in [3.63, 3.8) is 0 Å². The number of carbonyl (C=O) groups excluding carboxylic acids is 1. The minimum atomic E-state index is -0.159. The number of pyridine rings is 2. The van der Waals surface area contributed by atoms with E-state index in [1.807, 2.05) is 19.1 Å². The molecule has 4 heteroatoms. The maximum atomic E-state index is 12.0. The molecular weight excluding hydrogens is 238 g/mol. The highest BCUT2D eigenvalue weighted by Crippen LogP contribution is 2.13. The van der Waals surface area contributed by atoms with Crippen molar-refractivity contribution in [1.82, 2.24) is 9.97 Å². The molecule has 2 rings (SSSR count). The van der Waals surface area contributed by atoms with Crippen LogP contribution in [0.5, 0.6) is 0 Å². The molecule has 1 amide bonds. The average molecular weight is 255 g/mol. The van der Waals surface area contributed by atoms with Gasteiger partial charge in [0.25, 0.3) is 5.91 Å². The van der Waals surface area contributed by atoms with Crippen LogP contribution in [0.3, 0.4) is 0 Å². The molecule has 0 aromatic carbocycles. The fourth-order valence-electron chi connectivity index (χ4n) is 1.71. The second-order valence-corrected chi connectivity index (χ2v) is 4.77. The Morgan fingerprint density at radius 3 is 2.58 bits per heavy atom. The van der Waals surface area contributed by atoms with Gasteiger partial charge in [0, 0.05) is 29.5 Å². The lowest BCUT2D eigenvalue weighted by molar-refractivity contribution is 0.102. The Morgan fingerprint density at radius 2 is 2.00 bits per heavy atom. The summed E-state index contributed by atoms with van der Waals surface area (Å²) < 4.78 is 0. The molecule has 98 valence electrons. The van der Waals surface area contributed by atoms with Crippen molar-refractivity contribution in [2.45, 2.75) is 26.7 Å². The number of aromatic nitrogens is 2. The van der Waals surface area contributed by atoms with E-state index in [0.29, 0.717) is 11.5 Å². The molecule has 0 spiro atoms. The molecule has 0 radical (unpaired) electrons. The zero-order valence-electron chi connectivity index (χ0n) is 11.3. The molecule has 0 saturated carbocycles. The van der Waals surface area contributed by atoms with Gasteiger partial charge in [-0.15, -0.1) is 0 Å². The Morgan fingerprint density at radius 1 is 1.21 bits per heavy atom. The fraction of sp³-hybridized carbons (Fsp3) is 0.267. The highest BCUT2D eigenvalue weighted by atomic mass is 16.1. The monoisotopic (exact) mass is 255 g/mol. The summed E-state index contributed by atoms with van der Waals surface area (Å²) in [6.45, 7) is 6.03. The highest BCUT2D eigenvalue weighted by Gasteiger charge is 2.08. The van der Waals surface area contributed by atoms with Crippen LogP contribution < -0.4 is 5.32 Å². The van der Waals surface area contributed by atoms with Gasteiger partial charge in [0.05, 0.1) is 5.56 Å². The van der Waals surface area contributed by atoms with Crippen LogP contribution in [0.15, 0.2) is 36.7 Å². The number of anilines is 1. The van der Waals surface area contributed by atoms with Gasteiger partial charge in [-0.05, 0) is 37.1 Å². The summed E-state index contributed by atoms with van der Waals surface area (Å²) in [6, 6.07) is 7.28. The number of carbonyl (C=O) groups is 1. The van der Waals surface area contributed by atoms with E-state index in [1.54, 1.807) is 24.5 Å². The fourth-order valence-corrected chi connectivity index (χ4v) is 1.71. The topological polar surface area (TPSA) is 54.9 Å². The minimum Gasteiger partial charge on any atom is -0.322 e. The van der Waals surface area contributed by atoms with Crippen molar-refractivity contribution in [2.24, 2.45) is 0 Å². The quantitative estimate of drug-likeness (QED) is 0.916. The van der Waals surface area contributed by atoms with E-state index >= 15 is 0 Å². The Labute approximate surface area is 112 Å². The van der Waals surface area contributed by atoms with Gasteiger partial charge in [-0.3, -0.25) is 14.8 Å². The lowest BCUT2D eigenvalue weighted by Crippen LogP contribution is -2.12. The summed E-state index contributed by atoms with van der Waals surface area (Å²) in [4.78, 5) is 20.4. The lowest BCUT2D eigenvalue weighted by atomic mass is 10.1. The van der Waals surface area contributed by atoms with Crippen LogP contribution in [-0.2, 0) is 0 Å². The Hall–Kier alpha value is -2.23. The Kier molecular flexibility index (Phi) is 3.90. The van der Waals surface area contributed by atoms with Crippen molar-refractivity contribution >= 4 is 11.6 Å². The van der Waals surface area contributed by atoms with E-state index in [4.69, 9.17) is 0 Å². The van der Waals surface area contributed by atoms with Crippen LogP contribution >= 0.6 is 0 Å². The molecule has 0 aliphatic heterocycles. The van der Waals surface area contributed by atoms with Crippen LogP contribution in [0.4, 0.5) is 5.69 Å². The third-order valence-corrected chi connectivity index (χ3v) is 2.79. The zero-order valence-corrected chi connectivity index (χ0v) is 11.3. The standard InChI is InChI=1S/C15H17N3O/c1-10(2)14-5-4-12(9-17-14)15(19)18-13-6-7-16-11(3)8-13/h4-10H,1-3H3,(H,16,18,19). The molecule has 1 N–H and O–H groups in total. The Balaban J connectivity index is 2.11. The Bertz CT molecular complexity index is 576. The summed E-state index contributed by atoms with van der Waals surface area (Å²) >= 11 is 0. The summed E-state index contributed by atoms with van der Waals surface area (Å²) in [7, 11) is 0. The second kappa shape index (κ2) is 5.61. The number of hydrogen-bond donors (Lipinski definition) is 1. The van der Waals surface area contributed by atoms with Crippen molar-refractivity contribution in [3.05, 3.63) is 53.6 Å². The van der Waals surface area contributed by atoms with Crippen LogP contribution in [0.25, 0.3) is 0 Å². The second-order valence-electron chi connectivity index (χ2n) is 4.77. The summed E-state index contributed by atoms with van der Waals surface area (Å²) in [5.74, 6) is 0.202. The predicted molar refractivity (Wildman–Crippen MR) is 75.3 cm³/mol. The first-order valence-electron chi connectivity index (χ1n) is 6.26. The SMILES string of the molecule is Cc1cc(NC(=O)c2ccc(C(C)C)nc2)ccn1. The number of hydrogen-bond acceptors (Lipinski definition) is 3. The number of aryl methyl sites for hydroxylation is 1. The van der Waals surface area contributed by atoms with Gasteiger partial charge in [-0.1, -0.05) is 13.8 Å². The summed E-state index contributed by atoms with van der Waals surface area (Å²) in [5, 5.41) is 2.83. The molecule has 0 fully saturated rings. The number of amides is 1. The lowest BCUT2D eigenvalue weighted by Gasteiger charge is -2.07. The van der Waals surface area contributed by atoms with Crippen LogP contribution in [-0.4, -0.2) is 15.9 Å². The van der Waals surface area contributed by atoms with Gasteiger partial charge < -0.3 is 5.32 Å². The first-order valence-corrected chi connectivity index (χ1v) is 6.26. The molecule has 0 unspecified atom stereocenters. The van der Waals surface area contributed by atoms with Crippen molar-refractivity contribution in [3.8, 4) is 0 Å². The van der Waals surface area contributed by atoms with E-state index in [1.165, 1.54) is 0 Å².